The third kappa shape index (κ3) is 10.2. The number of carbonyl (C=O) groups is 1. The molecule has 2 unspecified atom stereocenters. The van der Waals surface area contributed by atoms with Crippen molar-refractivity contribution in [2.75, 3.05) is 45.4 Å². The Hall–Kier alpha value is -3.75. The average molecular weight is 749 g/mol. The summed E-state index contributed by atoms with van der Waals surface area (Å²) in [4.78, 5) is 41.2. The highest BCUT2D eigenvalue weighted by Crippen LogP contribution is 2.50. The summed E-state index contributed by atoms with van der Waals surface area (Å²) in [6.45, 7) is 10.0. The van der Waals surface area contributed by atoms with Crippen LogP contribution in [0.4, 0.5) is 16.3 Å². The Kier molecular flexibility index (Phi) is 14.9. The number of nitrogens with zero attached hydrogens (tertiary/aromatic N) is 5. The van der Waals surface area contributed by atoms with Gasteiger partial charge in [-0.1, -0.05) is 25.1 Å². The van der Waals surface area contributed by atoms with Crippen LogP contribution in [0, 0.1) is 21.4 Å². The van der Waals surface area contributed by atoms with Crippen LogP contribution in [-0.4, -0.2) is 101 Å². The van der Waals surface area contributed by atoms with Crippen LogP contribution in [0.5, 0.6) is 0 Å². The summed E-state index contributed by atoms with van der Waals surface area (Å²) in [5, 5.41) is 21.1. The van der Waals surface area contributed by atoms with Crippen molar-refractivity contribution in [3.63, 3.8) is 0 Å². The zero-order valence-corrected chi connectivity index (χ0v) is 31.3. The number of aromatic nitrogens is 2. The molecule has 2 aromatic rings. The van der Waals surface area contributed by atoms with Crippen LogP contribution in [0.15, 0.2) is 41.3 Å². The maximum Gasteiger partial charge on any atom is 0.508 e. The first-order chi connectivity index (χ1) is 24.8. The van der Waals surface area contributed by atoms with E-state index in [0.29, 0.717) is 37.8 Å². The fraction of sp³-hybridized carbons (Fsp3) is 0.647. The minimum absolute atomic E-state index is 0.0181. The molecule has 52 heavy (non-hydrogen) atoms. The molecule has 3 heterocycles. The van der Waals surface area contributed by atoms with Gasteiger partial charge in [0.2, 0.25) is 0 Å². The summed E-state index contributed by atoms with van der Waals surface area (Å²) in [5.74, 6) is -1.61. The number of para-hydroxylation sites is 1. The van der Waals surface area contributed by atoms with Crippen molar-refractivity contribution >= 4 is 26.0 Å². The summed E-state index contributed by atoms with van der Waals surface area (Å²) < 4.78 is 46.1. The molecule has 18 heteroatoms. The summed E-state index contributed by atoms with van der Waals surface area (Å²) in [5.41, 5.74) is 5.44. The number of nitro benzene ring substituents is 1. The predicted octanol–water partition coefficient (Wildman–Crippen LogP) is 4.86. The van der Waals surface area contributed by atoms with Crippen LogP contribution >= 0.6 is 8.30 Å². The van der Waals surface area contributed by atoms with Gasteiger partial charge in [-0.3, -0.25) is 19.4 Å². The first kappa shape index (κ1) is 41.0. The van der Waals surface area contributed by atoms with Gasteiger partial charge in [0.25, 0.3) is 5.69 Å². The molecular weight excluding hydrogens is 699 g/mol. The van der Waals surface area contributed by atoms with E-state index in [2.05, 4.69) is 15.7 Å². The van der Waals surface area contributed by atoms with E-state index >= 15 is 0 Å². The van der Waals surface area contributed by atoms with Crippen molar-refractivity contribution in [1.29, 1.82) is 5.26 Å². The van der Waals surface area contributed by atoms with Crippen molar-refractivity contribution in [2.45, 2.75) is 102 Å². The SMILES string of the molecule is COC1(O[C@@H]2[C@H](OP(CCC#N)N(C(C)C)C(C)C)[C@@H](COC(=O)OCC(C)c3ccccc3[N+](=O)[O-])O[C@H]2n2ccc(N)nc2=O)CCOCC1. The molecule has 2 saturated heterocycles. The van der Waals surface area contributed by atoms with Gasteiger partial charge in [0.1, 0.15) is 45.6 Å². The molecular formula is C34H49N6O11P. The number of nitriles is 1. The van der Waals surface area contributed by atoms with E-state index in [1.807, 2.05) is 27.7 Å². The lowest BCUT2D eigenvalue weighted by Gasteiger charge is -2.42. The lowest BCUT2D eigenvalue weighted by atomic mass is 10.0. The largest absolute Gasteiger partial charge is 0.508 e. The van der Waals surface area contributed by atoms with E-state index in [1.54, 1.807) is 25.1 Å². The Morgan fingerprint density at radius 1 is 1.17 bits per heavy atom. The van der Waals surface area contributed by atoms with Gasteiger partial charge >= 0.3 is 11.8 Å². The van der Waals surface area contributed by atoms with Crippen molar-refractivity contribution in [1.82, 2.24) is 14.2 Å². The number of nitrogens with two attached hydrogens (primary N) is 1. The number of hydrogen-bond donors (Lipinski definition) is 1. The first-order valence-electron chi connectivity index (χ1n) is 17.2. The Bertz CT molecular complexity index is 1590. The standard InChI is InChI=1S/C34H49N6O11P/c1-22(2)39(23(3)4)52(19-9-15-35)51-29-27(21-48-33(42)47-20-24(5)25-10-7-8-11-26(25)40(43)44)49-31(38-16-12-28(36)37-32(38)41)30(29)50-34(45-6)13-17-46-18-14-34/h7-8,10-12,16,22-24,27,29-31H,9,13-14,17-21H2,1-6H3,(H2,36,37,41)/t24?,27-,29-,30-,31-,52?/m1/s1. The lowest BCUT2D eigenvalue weighted by Crippen LogP contribution is -2.50. The van der Waals surface area contributed by atoms with E-state index in [1.165, 1.54) is 30.0 Å². The van der Waals surface area contributed by atoms with Crippen LogP contribution in [0.25, 0.3) is 0 Å². The van der Waals surface area contributed by atoms with E-state index < -0.39 is 61.3 Å². The van der Waals surface area contributed by atoms with Gasteiger partial charge in [-0.2, -0.15) is 10.2 Å². The van der Waals surface area contributed by atoms with Gasteiger partial charge in [0, 0.05) is 68.4 Å². The summed E-state index contributed by atoms with van der Waals surface area (Å²) in [6, 6.07) is 9.98. The molecule has 286 valence electrons. The molecule has 1 aromatic heterocycles. The molecule has 2 aliphatic rings. The Balaban J connectivity index is 1.67. The number of methoxy groups -OCH3 is 1. The highest BCUT2D eigenvalue weighted by molar-refractivity contribution is 7.50. The van der Waals surface area contributed by atoms with Crippen LogP contribution in [-0.2, 0) is 32.9 Å². The first-order valence-corrected chi connectivity index (χ1v) is 18.6. The maximum atomic E-state index is 13.2. The summed E-state index contributed by atoms with van der Waals surface area (Å²) >= 11 is 0. The van der Waals surface area contributed by atoms with Crippen molar-refractivity contribution in [2.24, 2.45) is 0 Å². The third-order valence-corrected chi connectivity index (χ3v) is 11.4. The van der Waals surface area contributed by atoms with E-state index in [-0.39, 0.29) is 43.2 Å². The van der Waals surface area contributed by atoms with Crippen LogP contribution in [0.2, 0.25) is 0 Å². The Morgan fingerprint density at radius 3 is 2.48 bits per heavy atom. The smallest absolute Gasteiger partial charge is 0.434 e. The molecule has 0 amide bonds. The zero-order chi connectivity index (χ0) is 38.0. The Morgan fingerprint density at radius 2 is 1.87 bits per heavy atom. The number of nitro groups is 1. The number of ether oxygens (including phenoxy) is 6. The molecule has 2 fully saturated rings. The fourth-order valence-electron chi connectivity index (χ4n) is 6.40. The van der Waals surface area contributed by atoms with Gasteiger partial charge in [-0.25, -0.2) is 9.59 Å². The number of nitrogen functional groups attached to an aromatic ring is 1. The molecule has 2 aliphatic heterocycles. The monoisotopic (exact) mass is 748 g/mol. The van der Waals surface area contributed by atoms with Crippen LogP contribution < -0.4 is 11.4 Å². The molecule has 0 saturated carbocycles. The molecule has 0 bridgehead atoms. The van der Waals surface area contributed by atoms with Gasteiger partial charge in [0.05, 0.1) is 24.2 Å². The molecule has 0 spiro atoms. The molecule has 2 N–H and O–H groups in total. The summed E-state index contributed by atoms with van der Waals surface area (Å²) in [7, 11) is 0.0733. The highest BCUT2D eigenvalue weighted by Gasteiger charge is 2.53. The predicted molar refractivity (Wildman–Crippen MR) is 189 cm³/mol. The lowest BCUT2D eigenvalue weighted by molar-refractivity contribution is -0.385. The molecule has 1 aromatic carbocycles. The second kappa shape index (κ2) is 18.8. The van der Waals surface area contributed by atoms with Crippen molar-refractivity contribution in [3.05, 3.63) is 62.7 Å². The van der Waals surface area contributed by atoms with Gasteiger partial charge in [0.15, 0.2) is 12.0 Å². The van der Waals surface area contributed by atoms with E-state index in [4.69, 9.17) is 38.7 Å². The van der Waals surface area contributed by atoms with Gasteiger partial charge in [-0.05, 0) is 33.8 Å². The normalized spacial score (nSPS) is 22.6. The number of carbonyl (C=O) groups excluding carboxylic acids is 1. The second-order valence-corrected chi connectivity index (χ2v) is 15.0. The number of rotatable bonds is 17. The van der Waals surface area contributed by atoms with E-state index in [9.17, 15) is 25.0 Å². The molecule has 17 nitrogen and oxygen atoms in total. The van der Waals surface area contributed by atoms with Crippen LogP contribution in [0.3, 0.4) is 0 Å². The highest BCUT2D eigenvalue weighted by atomic mass is 31.2. The van der Waals surface area contributed by atoms with Crippen molar-refractivity contribution < 1.29 is 42.7 Å². The van der Waals surface area contributed by atoms with Gasteiger partial charge < -0.3 is 38.7 Å². The molecule has 4 rings (SSSR count). The second-order valence-electron chi connectivity index (χ2n) is 13.1. The van der Waals surface area contributed by atoms with E-state index in [0.717, 1.165) is 0 Å². The molecule has 6 atom stereocenters. The van der Waals surface area contributed by atoms with Gasteiger partial charge in [-0.15, -0.1) is 0 Å². The minimum atomic E-state index is -1.46. The fourth-order valence-corrected chi connectivity index (χ4v) is 8.71. The maximum absolute atomic E-state index is 13.2. The zero-order valence-electron chi connectivity index (χ0n) is 30.4. The number of anilines is 1. The molecule has 0 aliphatic carbocycles. The minimum Gasteiger partial charge on any atom is -0.434 e. The average Bonchev–Trinajstić information content (AvgIpc) is 3.43. The topological polar surface area (TPSA) is 213 Å². The van der Waals surface area contributed by atoms with Crippen LogP contribution in [0.1, 0.15) is 71.6 Å². The Labute approximate surface area is 304 Å². The number of benzene rings is 1. The quantitative estimate of drug-likeness (QED) is 0.0752. The number of hydrogen-bond acceptors (Lipinski definition) is 15. The summed E-state index contributed by atoms with van der Waals surface area (Å²) in [6.07, 6.45) is -2.27. The molecule has 0 radical (unpaired) electrons. The third-order valence-electron chi connectivity index (χ3n) is 8.84. The van der Waals surface area contributed by atoms with Crippen molar-refractivity contribution in [3.8, 4) is 6.07 Å².